The Balaban J connectivity index is 1.57. The summed E-state index contributed by atoms with van der Waals surface area (Å²) in [5, 5.41) is 14.9. The Hall–Kier alpha value is -1.43. The van der Waals surface area contributed by atoms with Gasteiger partial charge >= 0.3 is 0 Å². The van der Waals surface area contributed by atoms with Crippen LogP contribution in [0.5, 0.6) is 0 Å². The molecular weight excluding hydrogens is 326 g/mol. The third-order valence-electron chi connectivity index (χ3n) is 4.71. The molecule has 130 valence electrons. The smallest absolute Gasteiger partial charge is 0.241 e. The molecule has 1 aliphatic rings. The second-order valence-electron chi connectivity index (χ2n) is 6.87. The van der Waals surface area contributed by atoms with Crippen LogP contribution in [0.1, 0.15) is 32.6 Å². The molecule has 1 aromatic heterocycles. The van der Waals surface area contributed by atoms with E-state index >= 15 is 0 Å². The zero-order valence-electron chi connectivity index (χ0n) is 14.2. The van der Waals surface area contributed by atoms with Gasteiger partial charge in [0.05, 0.1) is 12.6 Å². The first-order valence-corrected chi connectivity index (χ1v) is 8.89. The van der Waals surface area contributed by atoms with Crippen LogP contribution in [-0.2, 0) is 6.54 Å². The summed E-state index contributed by atoms with van der Waals surface area (Å²) in [7, 11) is 0. The molecule has 5 nitrogen and oxygen atoms in total. The van der Waals surface area contributed by atoms with Crippen molar-refractivity contribution in [2.45, 2.75) is 39.3 Å². The largest absolute Gasteiger partial charge is 0.393 e. The highest BCUT2D eigenvalue weighted by molar-refractivity contribution is 6.30. The minimum atomic E-state index is -0.204. The Morgan fingerprint density at radius 3 is 2.75 bits per heavy atom. The number of rotatable bonds is 5. The minimum absolute atomic E-state index is 0.204. The van der Waals surface area contributed by atoms with Crippen molar-refractivity contribution in [2.75, 3.05) is 13.1 Å². The summed E-state index contributed by atoms with van der Waals surface area (Å²) in [5.74, 6) is 1.90. The first kappa shape index (κ1) is 17.4. The lowest BCUT2D eigenvalue weighted by molar-refractivity contribution is 0.0251. The molecule has 1 aromatic carbocycles. The number of aromatic nitrogens is 2. The molecule has 2 aromatic rings. The number of nitrogens with zero attached hydrogens (tertiary/aromatic N) is 3. The molecule has 1 saturated heterocycles. The molecule has 0 unspecified atom stereocenters. The van der Waals surface area contributed by atoms with Crippen LogP contribution < -0.4 is 0 Å². The van der Waals surface area contributed by atoms with Gasteiger partial charge in [0.2, 0.25) is 11.7 Å². The van der Waals surface area contributed by atoms with Crippen LogP contribution in [0.3, 0.4) is 0 Å². The lowest BCUT2D eigenvalue weighted by Crippen LogP contribution is -2.39. The SMILES string of the molecule is CC(C)[C@H](O)C1CCN(Cc2nc(-c3cccc(Cl)c3)no2)CC1. The summed E-state index contributed by atoms with van der Waals surface area (Å²) in [6.07, 6.45) is 1.81. The van der Waals surface area contributed by atoms with Gasteiger partial charge in [-0.25, -0.2) is 0 Å². The Labute approximate surface area is 147 Å². The van der Waals surface area contributed by atoms with E-state index in [9.17, 15) is 5.11 Å². The van der Waals surface area contributed by atoms with E-state index in [0.717, 1.165) is 31.5 Å². The van der Waals surface area contributed by atoms with Gasteiger partial charge in [-0.2, -0.15) is 4.98 Å². The number of aliphatic hydroxyl groups excluding tert-OH is 1. The molecule has 0 aliphatic carbocycles. The van der Waals surface area contributed by atoms with E-state index < -0.39 is 0 Å². The monoisotopic (exact) mass is 349 g/mol. The van der Waals surface area contributed by atoms with Crippen molar-refractivity contribution in [3.05, 3.63) is 35.2 Å². The zero-order valence-corrected chi connectivity index (χ0v) is 14.9. The van der Waals surface area contributed by atoms with Gasteiger partial charge in [-0.05, 0) is 49.9 Å². The van der Waals surface area contributed by atoms with E-state index in [1.807, 2.05) is 24.3 Å². The summed E-state index contributed by atoms with van der Waals surface area (Å²) in [6, 6.07) is 7.44. The molecule has 1 fully saturated rings. The maximum Gasteiger partial charge on any atom is 0.241 e. The van der Waals surface area contributed by atoms with Gasteiger partial charge < -0.3 is 9.63 Å². The van der Waals surface area contributed by atoms with Gasteiger partial charge in [0.25, 0.3) is 0 Å². The van der Waals surface area contributed by atoms with Crippen molar-refractivity contribution in [1.29, 1.82) is 0 Å². The first-order chi connectivity index (χ1) is 11.5. The highest BCUT2D eigenvalue weighted by atomic mass is 35.5. The molecule has 0 radical (unpaired) electrons. The van der Waals surface area contributed by atoms with Crippen LogP contribution in [0.25, 0.3) is 11.4 Å². The fraction of sp³-hybridized carbons (Fsp3) is 0.556. The Kier molecular flexibility index (Phi) is 5.54. The number of hydrogen-bond acceptors (Lipinski definition) is 5. The van der Waals surface area contributed by atoms with E-state index in [4.69, 9.17) is 16.1 Å². The number of benzene rings is 1. The van der Waals surface area contributed by atoms with E-state index in [-0.39, 0.29) is 6.10 Å². The molecule has 1 atom stereocenters. The number of hydrogen-bond donors (Lipinski definition) is 1. The predicted octanol–water partition coefficient (Wildman–Crippen LogP) is 3.62. The molecule has 0 amide bonds. The molecule has 1 aliphatic heterocycles. The predicted molar refractivity (Wildman–Crippen MR) is 93.6 cm³/mol. The molecule has 6 heteroatoms. The van der Waals surface area contributed by atoms with Gasteiger partial charge in [-0.3, -0.25) is 4.90 Å². The van der Waals surface area contributed by atoms with Crippen molar-refractivity contribution in [3.63, 3.8) is 0 Å². The van der Waals surface area contributed by atoms with Crippen molar-refractivity contribution >= 4 is 11.6 Å². The lowest BCUT2D eigenvalue weighted by atomic mass is 9.86. The average Bonchev–Trinajstić information content (AvgIpc) is 3.03. The third-order valence-corrected chi connectivity index (χ3v) is 4.94. The summed E-state index contributed by atoms with van der Waals surface area (Å²) in [4.78, 5) is 6.77. The van der Waals surface area contributed by atoms with E-state index in [2.05, 4.69) is 28.9 Å². The molecule has 2 heterocycles. The number of aliphatic hydroxyl groups is 1. The molecule has 1 N–H and O–H groups in total. The van der Waals surface area contributed by atoms with Gasteiger partial charge in [-0.1, -0.05) is 42.7 Å². The number of likely N-dealkylation sites (tertiary alicyclic amines) is 1. The maximum atomic E-state index is 10.2. The van der Waals surface area contributed by atoms with Crippen LogP contribution in [0, 0.1) is 11.8 Å². The van der Waals surface area contributed by atoms with Crippen LogP contribution >= 0.6 is 11.6 Å². The average molecular weight is 350 g/mol. The third kappa shape index (κ3) is 4.15. The summed E-state index contributed by atoms with van der Waals surface area (Å²) >= 11 is 6.00. The highest BCUT2D eigenvalue weighted by Gasteiger charge is 2.27. The highest BCUT2D eigenvalue weighted by Crippen LogP contribution is 2.26. The van der Waals surface area contributed by atoms with Crippen molar-refractivity contribution < 1.29 is 9.63 Å². The van der Waals surface area contributed by atoms with Crippen LogP contribution in [0.2, 0.25) is 5.02 Å². The second kappa shape index (κ2) is 7.64. The molecule has 0 bridgehead atoms. The summed E-state index contributed by atoms with van der Waals surface area (Å²) in [5.41, 5.74) is 0.858. The molecule has 0 spiro atoms. The van der Waals surface area contributed by atoms with E-state index in [1.54, 1.807) is 0 Å². The van der Waals surface area contributed by atoms with Crippen molar-refractivity contribution in [1.82, 2.24) is 15.0 Å². The first-order valence-electron chi connectivity index (χ1n) is 8.52. The fourth-order valence-electron chi connectivity index (χ4n) is 3.25. The molecular formula is C18H24ClN3O2. The maximum absolute atomic E-state index is 10.2. The van der Waals surface area contributed by atoms with Crippen LogP contribution in [-0.4, -0.2) is 39.3 Å². The van der Waals surface area contributed by atoms with Gasteiger partial charge in [0.1, 0.15) is 0 Å². The lowest BCUT2D eigenvalue weighted by Gasteiger charge is -2.34. The van der Waals surface area contributed by atoms with Crippen molar-refractivity contribution in [3.8, 4) is 11.4 Å². The zero-order chi connectivity index (χ0) is 17.1. The standard InChI is InChI=1S/C18H24ClN3O2/c1-12(2)17(23)13-6-8-22(9-7-13)11-16-20-18(21-24-16)14-4-3-5-15(19)10-14/h3-5,10,12-13,17,23H,6-9,11H2,1-2H3/t17-/m0/s1. The van der Waals surface area contributed by atoms with Crippen LogP contribution in [0.4, 0.5) is 0 Å². The second-order valence-corrected chi connectivity index (χ2v) is 7.31. The Bertz CT molecular complexity index is 666. The van der Waals surface area contributed by atoms with Gasteiger partial charge in [-0.15, -0.1) is 0 Å². The van der Waals surface area contributed by atoms with Gasteiger partial charge in [0.15, 0.2) is 0 Å². The number of halogens is 1. The topological polar surface area (TPSA) is 62.4 Å². The molecule has 3 rings (SSSR count). The summed E-state index contributed by atoms with van der Waals surface area (Å²) < 4.78 is 5.38. The fourth-order valence-corrected chi connectivity index (χ4v) is 3.44. The van der Waals surface area contributed by atoms with E-state index in [0.29, 0.717) is 35.1 Å². The molecule has 24 heavy (non-hydrogen) atoms. The minimum Gasteiger partial charge on any atom is -0.393 e. The normalized spacial score (nSPS) is 18.2. The quantitative estimate of drug-likeness (QED) is 0.893. The Morgan fingerprint density at radius 1 is 1.33 bits per heavy atom. The van der Waals surface area contributed by atoms with Crippen molar-refractivity contribution in [2.24, 2.45) is 11.8 Å². The summed E-state index contributed by atoms with van der Waals surface area (Å²) in [6.45, 7) is 6.70. The van der Waals surface area contributed by atoms with E-state index in [1.165, 1.54) is 0 Å². The van der Waals surface area contributed by atoms with Gasteiger partial charge in [0, 0.05) is 10.6 Å². The van der Waals surface area contributed by atoms with Crippen LogP contribution in [0.15, 0.2) is 28.8 Å². The Morgan fingerprint density at radius 2 is 2.08 bits per heavy atom. The molecule has 0 saturated carbocycles. The number of piperidine rings is 1.